The largest absolute Gasteiger partial charge is 0.382 e. The zero-order valence-corrected chi connectivity index (χ0v) is 7.05. The highest BCUT2D eigenvalue weighted by atomic mass is 32.2. The lowest BCUT2D eigenvalue weighted by Gasteiger charge is -2.36. The van der Waals surface area contributed by atoms with Gasteiger partial charge in [-0.1, -0.05) is 11.8 Å². The van der Waals surface area contributed by atoms with Crippen LogP contribution in [0.1, 0.15) is 0 Å². The van der Waals surface area contributed by atoms with Crippen molar-refractivity contribution in [3.63, 3.8) is 0 Å². The van der Waals surface area contributed by atoms with Gasteiger partial charge in [0.15, 0.2) is 0 Å². The molecular weight excluding hydrogens is 192 g/mol. The minimum atomic E-state index is -4.08. The van der Waals surface area contributed by atoms with Gasteiger partial charge in [0.1, 0.15) is 10.9 Å². The third-order valence-electron chi connectivity index (χ3n) is 1.41. The molecule has 2 unspecified atom stereocenters. The highest BCUT2D eigenvalue weighted by molar-refractivity contribution is 8.01. The van der Waals surface area contributed by atoms with Crippen LogP contribution in [0.2, 0.25) is 0 Å². The Labute approximate surface area is 68.2 Å². The van der Waals surface area contributed by atoms with Gasteiger partial charge in [-0.2, -0.15) is 8.42 Å². The molecule has 11 heavy (non-hydrogen) atoms. The molecular formula is C4H8O5S2. The summed E-state index contributed by atoms with van der Waals surface area (Å²) in [5.41, 5.74) is -1.76. The van der Waals surface area contributed by atoms with Crippen molar-refractivity contribution in [2.45, 2.75) is 10.9 Å². The first-order valence-corrected chi connectivity index (χ1v) is 5.42. The van der Waals surface area contributed by atoms with E-state index >= 15 is 0 Å². The van der Waals surface area contributed by atoms with Gasteiger partial charge in [0.25, 0.3) is 10.1 Å². The van der Waals surface area contributed by atoms with Crippen LogP contribution in [0.3, 0.4) is 0 Å². The molecule has 1 aliphatic rings. The quantitative estimate of drug-likeness (QED) is 0.488. The van der Waals surface area contributed by atoms with Crippen LogP contribution in [0.15, 0.2) is 0 Å². The molecule has 0 bridgehead atoms. The Morgan fingerprint density at radius 1 is 1.27 bits per heavy atom. The zero-order chi connectivity index (χ0) is 8.65. The number of aliphatic hydroxyl groups is 2. The van der Waals surface area contributed by atoms with Crippen LogP contribution in [0.25, 0.3) is 0 Å². The Balaban J connectivity index is 2.50. The molecule has 0 radical (unpaired) electrons. The maximum Gasteiger partial charge on any atom is 0.265 e. The minimum absolute atomic E-state index is 0.581. The van der Waals surface area contributed by atoms with Gasteiger partial charge in [-0.3, -0.25) is 4.55 Å². The average Bonchev–Trinajstić information content (AvgIpc) is 1.83. The van der Waals surface area contributed by atoms with Gasteiger partial charge in [0.05, 0.1) is 5.75 Å². The number of hydrogen-bond donors (Lipinski definition) is 3. The maximum absolute atomic E-state index is 10.2. The SMILES string of the molecule is O=S(=O)(O)CC1C(O)SC1O. The molecule has 5 nitrogen and oxygen atoms in total. The Kier molecular flexibility index (Phi) is 2.45. The van der Waals surface area contributed by atoms with Crippen LogP contribution < -0.4 is 0 Å². The standard InChI is InChI=1S/C4H8O5S2/c5-3-2(4(6)10-3)1-11(7,8)9/h2-6H,1H2,(H,7,8,9). The summed E-state index contributed by atoms with van der Waals surface area (Å²) in [7, 11) is -4.08. The van der Waals surface area contributed by atoms with E-state index in [9.17, 15) is 8.42 Å². The molecule has 2 atom stereocenters. The summed E-state index contributed by atoms with van der Waals surface area (Å²) in [5.74, 6) is -1.34. The van der Waals surface area contributed by atoms with E-state index in [-0.39, 0.29) is 0 Å². The van der Waals surface area contributed by atoms with Gasteiger partial charge in [-0.15, -0.1) is 0 Å². The topological polar surface area (TPSA) is 94.8 Å². The fourth-order valence-electron chi connectivity index (χ4n) is 0.804. The Morgan fingerprint density at radius 2 is 1.73 bits per heavy atom. The van der Waals surface area contributed by atoms with Gasteiger partial charge in [0.2, 0.25) is 0 Å². The first kappa shape index (κ1) is 9.27. The molecule has 0 aromatic heterocycles. The summed E-state index contributed by atoms with van der Waals surface area (Å²) >= 11 is 0.868. The van der Waals surface area contributed by atoms with E-state index in [0.717, 1.165) is 11.8 Å². The predicted molar refractivity (Wildman–Crippen MR) is 39.5 cm³/mol. The van der Waals surface area contributed by atoms with Crippen LogP contribution in [-0.4, -0.2) is 39.8 Å². The van der Waals surface area contributed by atoms with Crippen LogP contribution in [0.5, 0.6) is 0 Å². The Morgan fingerprint density at radius 3 is 1.91 bits per heavy atom. The molecule has 7 heteroatoms. The smallest absolute Gasteiger partial charge is 0.265 e. The molecule has 0 aromatic rings. The summed E-state index contributed by atoms with van der Waals surface area (Å²) in [5, 5.41) is 17.7. The van der Waals surface area contributed by atoms with Crippen molar-refractivity contribution in [3.8, 4) is 0 Å². The number of aliphatic hydroxyl groups excluding tert-OH is 2. The van der Waals surface area contributed by atoms with Crippen LogP contribution >= 0.6 is 11.8 Å². The fraction of sp³-hybridized carbons (Fsp3) is 1.00. The van der Waals surface area contributed by atoms with Gasteiger partial charge in [-0.25, -0.2) is 0 Å². The monoisotopic (exact) mass is 200 g/mol. The molecule has 1 saturated heterocycles. The number of thioether (sulfide) groups is 1. The summed E-state index contributed by atoms with van der Waals surface area (Å²) in [6.07, 6.45) is 0. The van der Waals surface area contributed by atoms with Crippen molar-refractivity contribution in [2.24, 2.45) is 5.92 Å². The molecule has 66 valence electrons. The normalized spacial score (nSPS) is 38.3. The first-order chi connectivity index (χ1) is 4.90. The second-order valence-corrected chi connectivity index (χ2v) is 5.06. The highest BCUT2D eigenvalue weighted by Crippen LogP contribution is 2.39. The van der Waals surface area contributed by atoms with E-state index in [2.05, 4.69) is 0 Å². The number of rotatable bonds is 2. The van der Waals surface area contributed by atoms with Gasteiger partial charge >= 0.3 is 0 Å². The highest BCUT2D eigenvalue weighted by Gasteiger charge is 2.42. The van der Waals surface area contributed by atoms with E-state index in [0.29, 0.717) is 0 Å². The van der Waals surface area contributed by atoms with E-state index in [1.165, 1.54) is 0 Å². The van der Waals surface area contributed by atoms with Gasteiger partial charge in [0, 0.05) is 5.92 Å². The van der Waals surface area contributed by atoms with E-state index < -0.39 is 32.7 Å². The molecule has 0 aliphatic carbocycles. The molecule has 0 spiro atoms. The summed E-state index contributed by atoms with van der Waals surface area (Å²) < 4.78 is 28.8. The fourth-order valence-corrected chi connectivity index (χ4v) is 2.81. The average molecular weight is 200 g/mol. The molecule has 0 amide bonds. The second kappa shape index (κ2) is 2.91. The molecule has 3 N–H and O–H groups in total. The van der Waals surface area contributed by atoms with Crippen molar-refractivity contribution in [3.05, 3.63) is 0 Å². The van der Waals surface area contributed by atoms with E-state index in [1.807, 2.05) is 0 Å². The summed E-state index contributed by atoms with van der Waals surface area (Å²) in [6.45, 7) is 0. The first-order valence-electron chi connectivity index (χ1n) is 2.87. The lowest BCUT2D eigenvalue weighted by molar-refractivity contribution is 0.0844. The number of hydrogen-bond acceptors (Lipinski definition) is 5. The Bertz CT molecular complexity index is 227. The van der Waals surface area contributed by atoms with Gasteiger partial charge < -0.3 is 10.2 Å². The van der Waals surface area contributed by atoms with Crippen molar-refractivity contribution in [1.29, 1.82) is 0 Å². The van der Waals surface area contributed by atoms with Crippen molar-refractivity contribution < 1.29 is 23.2 Å². The third-order valence-corrected chi connectivity index (χ3v) is 3.48. The minimum Gasteiger partial charge on any atom is -0.382 e. The van der Waals surface area contributed by atoms with Crippen molar-refractivity contribution in [2.75, 3.05) is 5.75 Å². The molecule has 0 saturated carbocycles. The van der Waals surface area contributed by atoms with E-state index in [4.69, 9.17) is 14.8 Å². The molecule has 1 aliphatic heterocycles. The van der Waals surface area contributed by atoms with E-state index in [1.54, 1.807) is 0 Å². The maximum atomic E-state index is 10.2. The Hall–Kier alpha value is 0.180. The van der Waals surface area contributed by atoms with Gasteiger partial charge in [-0.05, 0) is 0 Å². The summed E-state index contributed by atoms with van der Waals surface area (Å²) in [6, 6.07) is 0. The predicted octanol–water partition coefficient (Wildman–Crippen LogP) is -1.13. The lowest BCUT2D eigenvalue weighted by atomic mass is 10.2. The van der Waals surface area contributed by atoms with Crippen molar-refractivity contribution in [1.82, 2.24) is 0 Å². The van der Waals surface area contributed by atoms with Crippen molar-refractivity contribution >= 4 is 21.9 Å². The zero-order valence-electron chi connectivity index (χ0n) is 5.41. The molecule has 1 heterocycles. The van der Waals surface area contributed by atoms with Crippen LogP contribution in [0.4, 0.5) is 0 Å². The lowest BCUT2D eigenvalue weighted by Crippen LogP contribution is -2.43. The summed E-state index contributed by atoms with van der Waals surface area (Å²) in [4.78, 5) is 0. The van der Waals surface area contributed by atoms with Crippen LogP contribution in [-0.2, 0) is 10.1 Å². The van der Waals surface area contributed by atoms with Crippen LogP contribution in [0, 0.1) is 5.92 Å². The molecule has 1 rings (SSSR count). The molecule has 0 aromatic carbocycles. The second-order valence-electron chi connectivity index (χ2n) is 2.33. The third kappa shape index (κ3) is 2.31. The molecule has 1 fully saturated rings.